The Morgan fingerprint density at radius 1 is 1.15 bits per heavy atom. The normalized spacial score (nSPS) is 12.6. The zero-order valence-electron chi connectivity index (χ0n) is 10.3. The number of hydrogen-bond acceptors (Lipinski definition) is 3. The second kappa shape index (κ2) is 5.81. The second-order valence-corrected chi connectivity index (χ2v) is 7.51. The van der Waals surface area contributed by atoms with Gasteiger partial charge in [-0.2, -0.15) is 5.10 Å². The van der Waals surface area contributed by atoms with Gasteiger partial charge in [-0.15, -0.1) is 11.3 Å². The Morgan fingerprint density at radius 2 is 1.90 bits per heavy atom. The molecule has 0 fully saturated rings. The van der Waals surface area contributed by atoms with Crippen molar-refractivity contribution in [2.45, 2.75) is 6.04 Å². The molecule has 2 N–H and O–H groups in total. The summed E-state index contributed by atoms with van der Waals surface area (Å²) in [7, 11) is 0. The molecule has 0 aliphatic carbocycles. The molecule has 3 rings (SSSR count). The first-order valence-electron chi connectivity index (χ1n) is 5.96. The van der Waals surface area contributed by atoms with Crippen LogP contribution in [-0.2, 0) is 0 Å². The summed E-state index contributed by atoms with van der Waals surface area (Å²) in [5.74, 6) is 0. The molecule has 3 aromatic rings. The number of thiophene rings is 1. The minimum Gasteiger partial charge on any atom is -0.318 e. The van der Waals surface area contributed by atoms with Crippen LogP contribution in [0.4, 0.5) is 0 Å². The summed E-state index contributed by atoms with van der Waals surface area (Å²) in [5, 5.41) is 4.38. The Morgan fingerprint density at radius 3 is 2.55 bits per heavy atom. The predicted octanol–water partition coefficient (Wildman–Crippen LogP) is 4.51. The molecule has 0 saturated heterocycles. The molecule has 2 aromatic heterocycles. The average Bonchev–Trinajstić information content (AvgIpc) is 3.07. The van der Waals surface area contributed by atoms with Crippen LogP contribution in [0.15, 0.2) is 56.9 Å². The number of hydrogen-bond donors (Lipinski definition) is 1. The number of nitrogens with zero attached hydrogens (tertiary/aromatic N) is 2. The van der Waals surface area contributed by atoms with E-state index in [9.17, 15) is 0 Å². The van der Waals surface area contributed by atoms with Crippen molar-refractivity contribution in [2.24, 2.45) is 5.73 Å². The molecule has 0 bridgehead atoms. The molecule has 0 saturated carbocycles. The Bertz CT molecular complexity index is 702. The number of nitrogens with two attached hydrogens (primary N) is 1. The van der Waals surface area contributed by atoms with E-state index >= 15 is 0 Å². The zero-order chi connectivity index (χ0) is 14.1. The van der Waals surface area contributed by atoms with Crippen LogP contribution in [0.25, 0.3) is 5.69 Å². The van der Waals surface area contributed by atoms with Gasteiger partial charge in [-0.05, 0) is 56.1 Å². The van der Waals surface area contributed by atoms with Crippen molar-refractivity contribution >= 4 is 43.2 Å². The van der Waals surface area contributed by atoms with Crippen molar-refractivity contribution in [3.8, 4) is 5.69 Å². The molecule has 0 aliphatic heterocycles. The van der Waals surface area contributed by atoms with Crippen LogP contribution in [-0.4, -0.2) is 9.78 Å². The number of halogens is 2. The van der Waals surface area contributed by atoms with Gasteiger partial charge < -0.3 is 5.73 Å². The number of rotatable bonds is 3. The van der Waals surface area contributed by atoms with Crippen molar-refractivity contribution in [3.05, 3.63) is 67.5 Å². The molecular weight excluding hydrogens is 402 g/mol. The summed E-state index contributed by atoms with van der Waals surface area (Å²) in [6, 6.07) is 13.8. The van der Waals surface area contributed by atoms with Crippen molar-refractivity contribution in [1.29, 1.82) is 0 Å². The largest absolute Gasteiger partial charge is 0.318 e. The van der Waals surface area contributed by atoms with Gasteiger partial charge in [-0.3, -0.25) is 0 Å². The SMILES string of the molecule is NC(c1cc(Br)c(Br)s1)c1ccnn1-c1ccccc1. The quantitative estimate of drug-likeness (QED) is 0.687. The van der Waals surface area contributed by atoms with E-state index in [1.807, 2.05) is 47.1 Å². The molecule has 3 nitrogen and oxygen atoms in total. The summed E-state index contributed by atoms with van der Waals surface area (Å²) < 4.78 is 3.96. The molecule has 0 amide bonds. The van der Waals surface area contributed by atoms with Crippen LogP contribution in [0, 0.1) is 0 Å². The summed E-state index contributed by atoms with van der Waals surface area (Å²) >= 11 is 8.63. The Balaban J connectivity index is 2.01. The smallest absolute Gasteiger partial charge is 0.0843 e. The molecule has 1 atom stereocenters. The fourth-order valence-electron chi connectivity index (χ4n) is 2.00. The average molecular weight is 413 g/mol. The van der Waals surface area contributed by atoms with Gasteiger partial charge in [-0.1, -0.05) is 18.2 Å². The first-order valence-corrected chi connectivity index (χ1v) is 8.36. The van der Waals surface area contributed by atoms with Crippen molar-refractivity contribution in [2.75, 3.05) is 0 Å². The third kappa shape index (κ3) is 2.61. The lowest BCUT2D eigenvalue weighted by atomic mass is 10.2. The maximum Gasteiger partial charge on any atom is 0.0843 e. The third-order valence-corrected chi connectivity index (χ3v) is 6.30. The highest BCUT2D eigenvalue weighted by molar-refractivity contribution is 9.13. The van der Waals surface area contributed by atoms with Crippen molar-refractivity contribution in [1.82, 2.24) is 9.78 Å². The van der Waals surface area contributed by atoms with Crippen molar-refractivity contribution < 1.29 is 0 Å². The maximum absolute atomic E-state index is 6.39. The van der Waals surface area contributed by atoms with E-state index in [1.54, 1.807) is 17.5 Å². The molecule has 2 heterocycles. The minimum absolute atomic E-state index is 0.203. The van der Waals surface area contributed by atoms with E-state index in [4.69, 9.17) is 5.73 Å². The highest BCUT2D eigenvalue weighted by atomic mass is 79.9. The number of benzene rings is 1. The topological polar surface area (TPSA) is 43.8 Å². The lowest BCUT2D eigenvalue weighted by Crippen LogP contribution is -2.15. The number of para-hydroxylation sites is 1. The Labute approximate surface area is 137 Å². The maximum atomic E-state index is 6.39. The van der Waals surface area contributed by atoms with Crippen LogP contribution >= 0.6 is 43.2 Å². The van der Waals surface area contributed by atoms with E-state index in [0.717, 1.165) is 24.5 Å². The van der Waals surface area contributed by atoms with Gasteiger partial charge in [0, 0.05) is 15.5 Å². The Hall–Kier alpha value is -0.950. The lowest BCUT2D eigenvalue weighted by molar-refractivity contribution is 0.748. The number of aromatic nitrogens is 2. The standard InChI is InChI=1S/C14H11Br2N3S/c15-10-8-12(20-14(10)16)13(17)11-6-7-18-19(11)9-4-2-1-3-5-9/h1-8,13H,17H2. The fraction of sp³-hybridized carbons (Fsp3) is 0.0714. The summed E-state index contributed by atoms with van der Waals surface area (Å²) in [6.07, 6.45) is 1.78. The first-order chi connectivity index (χ1) is 9.66. The lowest BCUT2D eigenvalue weighted by Gasteiger charge is -2.12. The fourth-order valence-corrected chi connectivity index (χ4v) is 4.10. The summed E-state index contributed by atoms with van der Waals surface area (Å²) in [5.41, 5.74) is 8.37. The molecule has 6 heteroatoms. The van der Waals surface area contributed by atoms with Crippen LogP contribution < -0.4 is 5.73 Å². The van der Waals surface area contributed by atoms with Gasteiger partial charge in [0.05, 0.1) is 21.2 Å². The second-order valence-electron chi connectivity index (χ2n) is 4.25. The van der Waals surface area contributed by atoms with Gasteiger partial charge in [-0.25, -0.2) is 4.68 Å². The highest BCUT2D eigenvalue weighted by Gasteiger charge is 2.18. The van der Waals surface area contributed by atoms with Crippen LogP contribution in [0.1, 0.15) is 16.6 Å². The molecule has 1 unspecified atom stereocenters. The molecule has 0 spiro atoms. The van der Waals surface area contributed by atoms with E-state index < -0.39 is 0 Å². The van der Waals surface area contributed by atoms with E-state index in [2.05, 4.69) is 37.0 Å². The van der Waals surface area contributed by atoms with Gasteiger partial charge in [0.15, 0.2) is 0 Å². The van der Waals surface area contributed by atoms with Crippen LogP contribution in [0.2, 0.25) is 0 Å². The van der Waals surface area contributed by atoms with E-state index in [1.165, 1.54) is 0 Å². The highest BCUT2D eigenvalue weighted by Crippen LogP contribution is 2.36. The van der Waals surface area contributed by atoms with Gasteiger partial charge in [0.1, 0.15) is 0 Å². The van der Waals surface area contributed by atoms with Gasteiger partial charge in [0.2, 0.25) is 0 Å². The molecule has 20 heavy (non-hydrogen) atoms. The van der Waals surface area contributed by atoms with Gasteiger partial charge in [0.25, 0.3) is 0 Å². The van der Waals surface area contributed by atoms with Crippen LogP contribution in [0.3, 0.4) is 0 Å². The first kappa shape index (κ1) is 14.0. The van der Waals surface area contributed by atoms with E-state index in [-0.39, 0.29) is 6.04 Å². The summed E-state index contributed by atoms with van der Waals surface area (Å²) in [6.45, 7) is 0. The minimum atomic E-state index is -0.203. The molecule has 102 valence electrons. The van der Waals surface area contributed by atoms with E-state index in [0.29, 0.717) is 0 Å². The zero-order valence-corrected chi connectivity index (χ0v) is 14.3. The molecular formula is C14H11Br2N3S. The predicted molar refractivity (Wildman–Crippen MR) is 89.3 cm³/mol. The molecule has 0 aliphatic rings. The van der Waals surface area contributed by atoms with Gasteiger partial charge >= 0.3 is 0 Å². The van der Waals surface area contributed by atoms with Crippen molar-refractivity contribution in [3.63, 3.8) is 0 Å². The Kier molecular flexibility index (Phi) is 4.07. The molecule has 0 radical (unpaired) electrons. The third-order valence-electron chi connectivity index (χ3n) is 2.96. The summed E-state index contributed by atoms with van der Waals surface area (Å²) in [4.78, 5) is 1.08. The van der Waals surface area contributed by atoms with Crippen LogP contribution in [0.5, 0.6) is 0 Å². The molecule has 1 aromatic carbocycles. The monoisotopic (exact) mass is 411 g/mol.